The first-order chi connectivity index (χ1) is 10.1. The fraction of sp³-hybridized carbons (Fsp3) is 0.588. The Bertz CT molecular complexity index is 592. The number of imidazole rings is 1. The van der Waals surface area contributed by atoms with E-state index in [1.54, 1.807) is 0 Å². The van der Waals surface area contributed by atoms with Gasteiger partial charge in [0.25, 0.3) is 0 Å². The van der Waals surface area contributed by atoms with E-state index in [9.17, 15) is 0 Å². The monoisotopic (exact) mass is 370 g/mol. The molecule has 0 N–H and O–H groups in total. The Hall–Kier alpha value is -0.540. The summed E-state index contributed by atoms with van der Waals surface area (Å²) in [6, 6.07) is 6.77. The van der Waals surface area contributed by atoms with E-state index >= 15 is 0 Å². The van der Waals surface area contributed by atoms with E-state index in [-0.39, 0.29) is 5.38 Å². The maximum absolute atomic E-state index is 6.40. The van der Waals surface area contributed by atoms with Crippen LogP contribution < -0.4 is 0 Å². The fourth-order valence-electron chi connectivity index (χ4n) is 2.92. The zero-order valence-electron chi connectivity index (χ0n) is 13.1. The Morgan fingerprint density at radius 2 is 2.00 bits per heavy atom. The summed E-state index contributed by atoms with van der Waals surface area (Å²) in [7, 11) is 0. The second-order valence-electron chi connectivity index (χ2n) is 5.67. The summed E-state index contributed by atoms with van der Waals surface area (Å²) in [4.78, 5) is 4.77. The standard InChI is InChI=1S/C17H24BrClN2/c1-4-6-8-14(7-5-2)21-16-11-13(18)9-10-15(16)20-17(21)12(3)19/h9-12,14H,4-8H2,1-3H3. The SMILES string of the molecule is CCCCC(CCC)n1c(C(C)Cl)nc2ccc(Br)cc21. The maximum Gasteiger partial charge on any atom is 0.127 e. The number of rotatable bonds is 7. The van der Waals surface area contributed by atoms with Crippen molar-refractivity contribution in [2.75, 3.05) is 0 Å². The number of fused-ring (bicyclic) bond motifs is 1. The molecule has 0 amide bonds. The van der Waals surface area contributed by atoms with Gasteiger partial charge in [-0.3, -0.25) is 0 Å². The average molecular weight is 372 g/mol. The molecule has 4 heteroatoms. The highest BCUT2D eigenvalue weighted by molar-refractivity contribution is 9.10. The van der Waals surface area contributed by atoms with Gasteiger partial charge in [0.1, 0.15) is 5.82 Å². The third-order valence-electron chi connectivity index (χ3n) is 3.91. The Balaban J connectivity index is 2.55. The van der Waals surface area contributed by atoms with Crippen molar-refractivity contribution in [1.82, 2.24) is 9.55 Å². The van der Waals surface area contributed by atoms with Gasteiger partial charge in [-0.25, -0.2) is 4.98 Å². The fourth-order valence-corrected chi connectivity index (χ4v) is 3.43. The van der Waals surface area contributed by atoms with Crippen molar-refractivity contribution in [3.8, 4) is 0 Å². The van der Waals surface area contributed by atoms with Crippen molar-refractivity contribution in [1.29, 1.82) is 0 Å². The molecule has 2 unspecified atom stereocenters. The minimum atomic E-state index is -0.0721. The molecule has 0 saturated carbocycles. The highest BCUT2D eigenvalue weighted by Crippen LogP contribution is 2.33. The van der Waals surface area contributed by atoms with Crippen LogP contribution in [0.25, 0.3) is 11.0 Å². The lowest BCUT2D eigenvalue weighted by Crippen LogP contribution is -2.13. The third kappa shape index (κ3) is 3.81. The topological polar surface area (TPSA) is 17.8 Å². The predicted molar refractivity (Wildman–Crippen MR) is 95.2 cm³/mol. The van der Waals surface area contributed by atoms with E-state index in [0.717, 1.165) is 15.8 Å². The molecule has 0 aliphatic carbocycles. The Morgan fingerprint density at radius 3 is 2.62 bits per heavy atom. The number of unbranched alkanes of at least 4 members (excludes halogenated alkanes) is 1. The molecule has 2 aromatic rings. The zero-order valence-corrected chi connectivity index (χ0v) is 15.4. The summed E-state index contributed by atoms with van der Waals surface area (Å²) in [6.07, 6.45) is 6.02. The van der Waals surface area contributed by atoms with Crippen LogP contribution in [0.2, 0.25) is 0 Å². The van der Waals surface area contributed by atoms with Crippen molar-refractivity contribution in [3.05, 3.63) is 28.5 Å². The molecule has 0 radical (unpaired) electrons. The first kappa shape index (κ1) is 16.8. The van der Waals surface area contributed by atoms with Gasteiger partial charge in [-0.15, -0.1) is 11.6 Å². The van der Waals surface area contributed by atoms with E-state index in [2.05, 4.69) is 46.5 Å². The number of nitrogens with zero attached hydrogens (tertiary/aromatic N) is 2. The maximum atomic E-state index is 6.40. The van der Waals surface area contributed by atoms with E-state index in [1.165, 1.54) is 37.6 Å². The molecule has 0 bridgehead atoms. The zero-order chi connectivity index (χ0) is 15.4. The van der Waals surface area contributed by atoms with E-state index in [4.69, 9.17) is 16.6 Å². The van der Waals surface area contributed by atoms with Crippen LogP contribution in [0.5, 0.6) is 0 Å². The lowest BCUT2D eigenvalue weighted by Gasteiger charge is -2.22. The van der Waals surface area contributed by atoms with Gasteiger partial charge in [0.15, 0.2) is 0 Å². The first-order valence-electron chi connectivity index (χ1n) is 7.89. The number of benzene rings is 1. The molecule has 116 valence electrons. The minimum absolute atomic E-state index is 0.0721. The van der Waals surface area contributed by atoms with Crippen molar-refractivity contribution < 1.29 is 0 Å². The quantitative estimate of drug-likeness (QED) is 0.499. The van der Waals surface area contributed by atoms with Gasteiger partial charge in [-0.05, 0) is 38.0 Å². The van der Waals surface area contributed by atoms with Crippen LogP contribution in [0.1, 0.15) is 70.1 Å². The molecule has 1 aromatic carbocycles. The highest BCUT2D eigenvalue weighted by atomic mass is 79.9. The average Bonchev–Trinajstić information content (AvgIpc) is 2.82. The van der Waals surface area contributed by atoms with Gasteiger partial charge in [-0.2, -0.15) is 0 Å². The smallest absolute Gasteiger partial charge is 0.127 e. The molecular weight excluding hydrogens is 348 g/mol. The van der Waals surface area contributed by atoms with Crippen molar-refractivity contribution in [2.24, 2.45) is 0 Å². The Labute approximate surface area is 141 Å². The lowest BCUT2D eigenvalue weighted by molar-refractivity contribution is 0.414. The molecule has 21 heavy (non-hydrogen) atoms. The summed E-state index contributed by atoms with van der Waals surface area (Å²) < 4.78 is 3.48. The van der Waals surface area contributed by atoms with Crippen molar-refractivity contribution in [3.63, 3.8) is 0 Å². The van der Waals surface area contributed by atoms with Crippen LogP contribution in [0, 0.1) is 0 Å². The van der Waals surface area contributed by atoms with Crippen LogP contribution in [0.4, 0.5) is 0 Å². The first-order valence-corrected chi connectivity index (χ1v) is 9.12. The molecule has 0 aliphatic heterocycles. The summed E-state index contributed by atoms with van der Waals surface area (Å²) in [5, 5.41) is -0.0721. The van der Waals surface area contributed by atoms with Crippen molar-refractivity contribution in [2.45, 2.75) is 64.3 Å². The summed E-state index contributed by atoms with van der Waals surface area (Å²) in [5.74, 6) is 0.999. The van der Waals surface area contributed by atoms with Gasteiger partial charge >= 0.3 is 0 Å². The van der Waals surface area contributed by atoms with E-state index in [0.29, 0.717) is 6.04 Å². The molecule has 2 atom stereocenters. The second-order valence-corrected chi connectivity index (χ2v) is 7.24. The molecule has 0 spiro atoms. The molecule has 2 nitrogen and oxygen atoms in total. The summed E-state index contributed by atoms with van der Waals surface area (Å²) in [5.41, 5.74) is 2.24. The number of alkyl halides is 1. The van der Waals surface area contributed by atoms with Gasteiger partial charge in [0.2, 0.25) is 0 Å². The van der Waals surface area contributed by atoms with Gasteiger partial charge in [0.05, 0.1) is 16.4 Å². The molecule has 0 fully saturated rings. The number of hydrogen-bond donors (Lipinski definition) is 0. The van der Waals surface area contributed by atoms with Gasteiger partial charge in [-0.1, -0.05) is 49.0 Å². The molecular formula is C17H24BrClN2. The molecule has 1 aromatic heterocycles. The molecule has 1 heterocycles. The molecule has 2 rings (SSSR count). The van der Waals surface area contributed by atoms with E-state index < -0.39 is 0 Å². The van der Waals surface area contributed by atoms with Crippen LogP contribution >= 0.6 is 27.5 Å². The van der Waals surface area contributed by atoms with Crippen LogP contribution in [-0.4, -0.2) is 9.55 Å². The third-order valence-corrected chi connectivity index (χ3v) is 4.60. The van der Waals surface area contributed by atoms with Gasteiger partial charge in [0, 0.05) is 10.5 Å². The Kier molecular flexibility index (Phi) is 6.12. The highest BCUT2D eigenvalue weighted by Gasteiger charge is 2.21. The summed E-state index contributed by atoms with van der Waals surface area (Å²) in [6.45, 7) is 6.51. The van der Waals surface area contributed by atoms with E-state index in [1.807, 2.05) is 13.0 Å². The van der Waals surface area contributed by atoms with Gasteiger partial charge < -0.3 is 4.57 Å². The summed E-state index contributed by atoms with van der Waals surface area (Å²) >= 11 is 9.98. The molecule has 0 saturated heterocycles. The largest absolute Gasteiger partial charge is 0.324 e. The number of halogens is 2. The number of aromatic nitrogens is 2. The predicted octanol–water partition coefficient (Wildman–Crippen LogP) is 6.63. The Morgan fingerprint density at radius 1 is 1.24 bits per heavy atom. The minimum Gasteiger partial charge on any atom is -0.324 e. The second kappa shape index (κ2) is 7.64. The van der Waals surface area contributed by atoms with Crippen LogP contribution in [0.3, 0.4) is 0 Å². The normalized spacial score (nSPS) is 14.5. The van der Waals surface area contributed by atoms with Crippen LogP contribution in [0.15, 0.2) is 22.7 Å². The number of hydrogen-bond acceptors (Lipinski definition) is 1. The lowest BCUT2D eigenvalue weighted by atomic mass is 10.0. The molecule has 0 aliphatic rings. The van der Waals surface area contributed by atoms with Crippen molar-refractivity contribution >= 4 is 38.6 Å². The van der Waals surface area contributed by atoms with Crippen LogP contribution in [-0.2, 0) is 0 Å².